The molecule has 1 heterocycles. The van der Waals surface area contributed by atoms with Gasteiger partial charge in [-0.2, -0.15) is 0 Å². The average Bonchev–Trinajstić information content (AvgIpc) is 3.32. The van der Waals surface area contributed by atoms with Crippen molar-refractivity contribution in [2.45, 2.75) is 83.0 Å². The van der Waals surface area contributed by atoms with E-state index < -0.39 is 49.7 Å². The number of carbonyl (C=O) groups excluding carboxylic acids is 3. The standard InChI is InChI=1S/C29H38N2O8Si/c1-7-8-16-35-26-21-24(38-31-26)23(30)22-19(37-27(34)36-17-18-12-10-9-11-13-18)14-15-20(32)29(22,25(21)33)39-40(5,6)28(2,3)4/h9-15,19,22-23H,7-8,16-17,30H2,1-6H3/t19-,22-,23-,29+/m0/s1. The highest BCUT2D eigenvalue weighted by Crippen LogP contribution is 2.52. The molecule has 10 nitrogen and oxygen atoms in total. The predicted octanol–water partition coefficient (Wildman–Crippen LogP) is 5.29. The van der Waals surface area contributed by atoms with Crippen molar-refractivity contribution < 1.29 is 37.5 Å². The molecule has 2 N–H and O–H groups in total. The first-order chi connectivity index (χ1) is 18.8. The fourth-order valence-corrected chi connectivity index (χ4v) is 6.16. The number of nitrogens with two attached hydrogens (primary N) is 1. The van der Waals surface area contributed by atoms with Crippen molar-refractivity contribution in [3.05, 3.63) is 59.4 Å². The van der Waals surface area contributed by atoms with Crippen molar-refractivity contribution in [2.75, 3.05) is 6.61 Å². The van der Waals surface area contributed by atoms with Crippen LogP contribution in [0.5, 0.6) is 5.88 Å². The molecule has 0 fully saturated rings. The van der Waals surface area contributed by atoms with Crippen LogP contribution in [0, 0.1) is 5.92 Å². The van der Waals surface area contributed by atoms with Gasteiger partial charge in [0.05, 0.1) is 18.6 Å². The number of hydrogen-bond acceptors (Lipinski definition) is 10. The Hall–Kier alpha value is -3.28. The molecule has 0 radical (unpaired) electrons. The van der Waals surface area contributed by atoms with Gasteiger partial charge in [0.2, 0.25) is 5.78 Å². The third-order valence-electron chi connectivity index (χ3n) is 7.96. The monoisotopic (exact) mass is 570 g/mol. The number of carbonyl (C=O) groups is 3. The maximum Gasteiger partial charge on any atom is 0.509 e. The van der Waals surface area contributed by atoms with Gasteiger partial charge in [-0.05, 0) is 47.4 Å². The first-order valence-electron chi connectivity index (χ1n) is 13.6. The Morgan fingerprint density at radius 1 is 1.18 bits per heavy atom. The number of rotatable bonds is 9. The highest BCUT2D eigenvalue weighted by Gasteiger charge is 2.67. The summed E-state index contributed by atoms with van der Waals surface area (Å²) in [6.45, 7) is 12.2. The summed E-state index contributed by atoms with van der Waals surface area (Å²) in [5.41, 5.74) is 5.41. The molecule has 2 aliphatic carbocycles. The lowest BCUT2D eigenvalue weighted by atomic mass is 9.64. The van der Waals surface area contributed by atoms with Gasteiger partial charge in [-0.25, -0.2) is 4.79 Å². The average molecular weight is 571 g/mol. The molecule has 4 atom stereocenters. The highest BCUT2D eigenvalue weighted by molar-refractivity contribution is 6.74. The number of unbranched alkanes of at least 4 members (excludes halogenated alkanes) is 1. The van der Waals surface area contributed by atoms with Gasteiger partial charge in [-0.3, -0.25) is 9.59 Å². The number of nitrogens with zero attached hydrogens (tertiary/aromatic N) is 1. The van der Waals surface area contributed by atoms with Crippen LogP contribution in [0.3, 0.4) is 0 Å². The van der Waals surface area contributed by atoms with Crippen LogP contribution in [0.15, 0.2) is 47.0 Å². The lowest BCUT2D eigenvalue weighted by Gasteiger charge is -2.51. The summed E-state index contributed by atoms with van der Waals surface area (Å²) >= 11 is 0. The van der Waals surface area contributed by atoms with Crippen LogP contribution in [0.4, 0.5) is 4.79 Å². The molecule has 0 spiro atoms. The fourth-order valence-electron chi connectivity index (χ4n) is 4.72. The number of benzene rings is 1. The normalized spacial score (nSPS) is 24.3. The van der Waals surface area contributed by atoms with Crippen molar-refractivity contribution in [2.24, 2.45) is 11.7 Å². The van der Waals surface area contributed by atoms with Crippen molar-refractivity contribution in [3.63, 3.8) is 0 Å². The minimum Gasteiger partial charge on any atom is -0.475 e. The number of fused-ring (bicyclic) bond motifs is 2. The van der Waals surface area contributed by atoms with Crippen molar-refractivity contribution in [1.82, 2.24) is 5.16 Å². The summed E-state index contributed by atoms with van der Waals surface area (Å²) in [5.74, 6) is -2.33. The Kier molecular flexibility index (Phi) is 8.39. The minimum atomic E-state index is -2.80. The second-order valence-corrected chi connectivity index (χ2v) is 16.5. The van der Waals surface area contributed by atoms with E-state index in [1.54, 1.807) is 0 Å². The summed E-state index contributed by atoms with van der Waals surface area (Å²) in [6.07, 6.45) is 2.15. The third kappa shape index (κ3) is 5.37. The topological polar surface area (TPSA) is 140 Å². The summed E-state index contributed by atoms with van der Waals surface area (Å²) in [6, 6.07) is 8.06. The summed E-state index contributed by atoms with van der Waals surface area (Å²) in [4.78, 5) is 41.0. The van der Waals surface area contributed by atoms with Gasteiger partial charge in [0, 0.05) is 0 Å². The van der Waals surface area contributed by atoms with Gasteiger partial charge in [0.1, 0.15) is 18.3 Å². The minimum absolute atomic E-state index is 0.00684. The van der Waals surface area contributed by atoms with E-state index >= 15 is 0 Å². The van der Waals surface area contributed by atoms with Crippen LogP contribution in [-0.4, -0.2) is 49.5 Å². The number of ether oxygens (including phenoxy) is 3. The second kappa shape index (κ2) is 11.3. The summed E-state index contributed by atoms with van der Waals surface area (Å²) < 4.78 is 29.0. The van der Waals surface area contributed by atoms with E-state index in [2.05, 4.69) is 5.16 Å². The van der Waals surface area contributed by atoms with E-state index in [1.807, 2.05) is 71.1 Å². The fraction of sp³-hybridized carbons (Fsp3) is 0.517. The van der Waals surface area contributed by atoms with E-state index in [4.69, 9.17) is 28.9 Å². The third-order valence-corrected chi connectivity index (χ3v) is 12.4. The van der Waals surface area contributed by atoms with Crippen molar-refractivity contribution in [3.8, 4) is 5.88 Å². The highest BCUT2D eigenvalue weighted by atomic mass is 28.4. The zero-order valence-electron chi connectivity index (χ0n) is 23.9. The van der Waals surface area contributed by atoms with Gasteiger partial charge < -0.3 is 28.9 Å². The van der Waals surface area contributed by atoms with E-state index in [9.17, 15) is 14.4 Å². The molecule has 0 amide bonds. The molecule has 2 aliphatic rings. The van der Waals surface area contributed by atoms with E-state index in [0.717, 1.165) is 18.4 Å². The van der Waals surface area contributed by atoms with Crippen LogP contribution in [-0.2, 0) is 25.3 Å². The molecule has 40 heavy (non-hydrogen) atoms. The number of Topliss-reactive ketones (excluding diaryl/α,β-unsaturated/α-hetero) is 1. The van der Waals surface area contributed by atoms with Crippen molar-refractivity contribution in [1.29, 1.82) is 0 Å². The Morgan fingerprint density at radius 2 is 1.88 bits per heavy atom. The van der Waals surface area contributed by atoms with Gasteiger partial charge in [-0.15, -0.1) is 0 Å². The lowest BCUT2D eigenvalue weighted by molar-refractivity contribution is -0.139. The van der Waals surface area contributed by atoms with Gasteiger partial charge in [0.25, 0.3) is 5.88 Å². The Labute approximate surface area is 235 Å². The lowest BCUT2D eigenvalue weighted by Crippen LogP contribution is -2.68. The molecular formula is C29H38N2O8Si. The molecule has 216 valence electrons. The molecule has 0 bridgehead atoms. The van der Waals surface area contributed by atoms with Gasteiger partial charge in [-0.1, -0.05) is 64.4 Å². The number of ketones is 2. The summed E-state index contributed by atoms with van der Waals surface area (Å²) in [7, 11) is -2.80. The zero-order chi connectivity index (χ0) is 29.3. The summed E-state index contributed by atoms with van der Waals surface area (Å²) in [5, 5.41) is 3.61. The molecule has 0 saturated carbocycles. The predicted molar refractivity (Wildman–Crippen MR) is 148 cm³/mol. The quantitative estimate of drug-likeness (QED) is 0.183. The molecule has 4 rings (SSSR count). The maximum atomic E-state index is 14.4. The zero-order valence-corrected chi connectivity index (χ0v) is 24.9. The largest absolute Gasteiger partial charge is 0.509 e. The molecular weight excluding hydrogens is 532 g/mol. The van der Waals surface area contributed by atoms with E-state index in [-0.39, 0.29) is 28.8 Å². The van der Waals surface area contributed by atoms with Crippen LogP contribution in [0.1, 0.15) is 68.3 Å². The molecule has 1 aromatic carbocycles. The van der Waals surface area contributed by atoms with Crippen LogP contribution in [0.2, 0.25) is 18.1 Å². The van der Waals surface area contributed by atoms with Crippen molar-refractivity contribution >= 4 is 26.0 Å². The first kappa shape index (κ1) is 29.7. The Balaban J connectivity index is 1.74. The van der Waals surface area contributed by atoms with Crippen LogP contribution < -0.4 is 10.5 Å². The first-order valence-corrected chi connectivity index (χ1v) is 16.5. The smallest absolute Gasteiger partial charge is 0.475 e. The molecule has 0 unspecified atom stereocenters. The van der Waals surface area contributed by atoms with Crippen LogP contribution in [0.25, 0.3) is 0 Å². The Morgan fingerprint density at radius 3 is 2.52 bits per heavy atom. The number of hydrogen-bond donors (Lipinski definition) is 1. The van der Waals surface area contributed by atoms with Gasteiger partial charge in [0.15, 0.2) is 25.5 Å². The molecule has 0 aliphatic heterocycles. The maximum absolute atomic E-state index is 14.4. The second-order valence-electron chi connectivity index (χ2n) is 11.7. The number of aromatic nitrogens is 1. The molecule has 11 heteroatoms. The van der Waals surface area contributed by atoms with E-state index in [0.29, 0.717) is 6.61 Å². The Bertz CT molecular complexity index is 1280. The van der Waals surface area contributed by atoms with E-state index in [1.165, 1.54) is 12.2 Å². The SMILES string of the molecule is CCCCOc1noc2c1C(=O)[C@@]1(O[Si](C)(C)C(C)(C)C)C(=O)C=C[C@H](OC(=O)OCc3ccccc3)[C@H]1[C@@H]2N. The molecule has 1 aromatic heterocycles. The van der Waals surface area contributed by atoms with Crippen LogP contribution >= 0.6 is 0 Å². The molecule has 2 aromatic rings. The van der Waals surface area contributed by atoms with Gasteiger partial charge >= 0.3 is 6.16 Å². The molecule has 0 saturated heterocycles.